The van der Waals surface area contributed by atoms with Crippen LogP contribution < -0.4 is 4.90 Å². The molecule has 8 nitrogen and oxygen atoms in total. The Hall–Kier alpha value is -3.65. The fourth-order valence-corrected chi connectivity index (χ4v) is 4.73. The molecule has 1 aromatic heterocycles. The molecule has 3 aromatic rings. The third-order valence-corrected chi connectivity index (χ3v) is 5.98. The van der Waals surface area contributed by atoms with Gasteiger partial charge < -0.3 is 19.0 Å². The van der Waals surface area contributed by atoms with Gasteiger partial charge in [0.25, 0.3) is 0 Å². The number of carbonyl (C=O) groups is 3. The molecule has 4 rings (SSSR count). The Balaban J connectivity index is 1.98. The van der Waals surface area contributed by atoms with Crippen LogP contribution in [0.2, 0.25) is 0 Å². The number of hydrogen-bond acceptors (Lipinski definition) is 6. The van der Waals surface area contributed by atoms with Gasteiger partial charge in [-0.2, -0.15) is 0 Å². The van der Waals surface area contributed by atoms with E-state index >= 15 is 0 Å². The average molecular weight is 493 g/mol. The van der Waals surface area contributed by atoms with Crippen molar-refractivity contribution < 1.29 is 28.6 Å². The molecule has 190 valence electrons. The molecular weight excluding hydrogens is 460 g/mol. The number of hydrogen-bond donors (Lipinski definition) is 0. The van der Waals surface area contributed by atoms with Gasteiger partial charge in [0.1, 0.15) is 22.9 Å². The molecule has 2 heterocycles. The molecule has 0 N–H and O–H groups in total. The molecule has 0 spiro atoms. The maximum Gasteiger partial charge on any atom is 0.419 e. The summed E-state index contributed by atoms with van der Waals surface area (Å²) in [6.07, 6.45) is 0.122. The summed E-state index contributed by atoms with van der Waals surface area (Å²) in [6, 6.07) is 14.4. The Labute approximate surface area is 210 Å². The van der Waals surface area contributed by atoms with Gasteiger partial charge in [-0.3, -0.25) is 4.57 Å². The number of benzene rings is 2. The molecule has 0 saturated carbocycles. The van der Waals surface area contributed by atoms with Gasteiger partial charge in [-0.15, -0.1) is 0 Å². The first-order chi connectivity index (χ1) is 16.8. The second kappa shape index (κ2) is 8.78. The summed E-state index contributed by atoms with van der Waals surface area (Å²) in [4.78, 5) is 41.1. The topological polar surface area (TPSA) is 87.1 Å². The maximum atomic E-state index is 13.4. The predicted octanol–water partition coefficient (Wildman–Crippen LogP) is 5.64. The second-order valence-corrected chi connectivity index (χ2v) is 10.9. The van der Waals surface area contributed by atoms with Crippen LogP contribution >= 0.6 is 0 Å². The Morgan fingerprint density at radius 3 is 2.06 bits per heavy atom. The van der Waals surface area contributed by atoms with Crippen molar-refractivity contribution in [3.63, 3.8) is 0 Å². The molecule has 1 unspecified atom stereocenters. The third-order valence-electron chi connectivity index (χ3n) is 5.98. The van der Waals surface area contributed by atoms with E-state index in [-0.39, 0.29) is 0 Å². The van der Waals surface area contributed by atoms with E-state index in [0.29, 0.717) is 27.7 Å². The minimum atomic E-state index is -1.44. The summed E-state index contributed by atoms with van der Waals surface area (Å²) < 4.78 is 18.6. The van der Waals surface area contributed by atoms with Crippen LogP contribution in [0, 0.1) is 0 Å². The zero-order chi connectivity index (χ0) is 26.5. The molecule has 0 bridgehead atoms. The molecule has 0 aliphatic carbocycles. The van der Waals surface area contributed by atoms with Crippen LogP contribution in [0.3, 0.4) is 0 Å². The van der Waals surface area contributed by atoms with Crippen LogP contribution in [0.1, 0.15) is 52.7 Å². The minimum Gasteiger partial charge on any atom is -0.443 e. The number of nitrogens with zero attached hydrogens (tertiary/aromatic N) is 2. The molecule has 1 aliphatic heterocycles. The van der Waals surface area contributed by atoms with Gasteiger partial charge in [0, 0.05) is 24.3 Å². The van der Waals surface area contributed by atoms with Crippen molar-refractivity contribution in [1.29, 1.82) is 0 Å². The molecule has 0 fully saturated rings. The van der Waals surface area contributed by atoms with Gasteiger partial charge >= 0.3 is 12.2 Å². The first-order valence-electron chi connectivity index (χ1n) is 11.8. The summed E-state index contributed by atoms with van der Waals surface area (Å²) in [5.74, 6) is 0. The normalized spacial score (nSPS) is 19.8. The Morgan fingerprint density at radius 2 is 1.44 bits per heavy atom. The first-order valence-corrected chi connectivity index (χ1v) is 11.8. The Bertz CT molecular complexity index is 1330. The van der Waals surface area contributed by atoms with Crippen molar-refractivity contribution in [3.8, 4) is 0 Å². The van der Waals surface area contributed by atoms with Crippen molar-refractivity contribution in [3.05, 3.63) is 65.9 Å². The van der Waals surface area contributed by atoms with Crippen molar-refractivity contribution in [1.82, 2.24) is 4.57 Å². The number of amides is 1. The van der Waals surface area contributed by atoms with Crippen LogP contribution in [-0.4, -0.2) is 47.6 Å². The van der Waals surface area contributed by atoms with Gasteiger partial charge in [0.15, 0.2) is 6.23 Å². The number of aldehydes is 1. The minimum absolute atomic E-state index is 0.500. The lowest BCUT2D eigenvalue weighted by atomic mass is 9.75. The fourth-order valence-electron chi connectivity index (χ4n) is 4.73. The second-order valence-electron chi connectivity index (χ2n) is 10.9. The standard InChI is InChI=1S/C28H32N2O6/c1-26(2,3)35-24(32)29-16-20(18-12-8-10-14-21(18)29)28(17-31)19-13-9-11-15-22(19)30(23(28)34-7)25(33)36-27(4,5)6/h8-17,23H,1-7H3/t23?,28-/m1/s1. The third kappa shape index (κ3) is 4.15. The van der Waals surface area contributed by atoms with Gasteiger partial charge in [-0.1, -0.05) is 36.4 Å². The summed E-state index contributed by atoms with van der Waals surface area (Å²) in [5.41, 5.74) is -0.744. The van der Waals surface area contributed by atoms with Crippen molar-refractivity contribution >= 4 is 35.1 Å². The van der Waals surface area contributed by atoms with Gasteiger partial charge in [0.05, 0.1) is 11.2 Å². The molecule has 8 heteroatoms. The summed E-state index contributed by atoms with van der Waals surface area (Å²) in [5, 5.41) is 0.665. The smallest absolute Gasteiger partial charge is 0.419 e. The Morgan fingerprint density at radius 1 is 0.861 bits per heavy atom. The lowest BCUT2D eigenvalue weighted by molar-refractivity contribution is -0.115. The number of carbonyl (C=O) groups excluding carboxylic acids is 3. The molecule has 2 atom stereocenters. The van der Waals surface area contributed by atoms with Crippen LogP contribution in [0.15, 0.2) is 54.7 Å². The summed E-state index contributed by atoms with van der Waals surface area (Å²) in [7, 11) is 1.44. The number of aromatic nitrogens is 1. The Kier molecular flexibility index (Phi) is 6.21. The molecular formula is C28H32N2O6. The SMILES string of the molecule is COC1N(C(=O)OC(C)(C)C)c2ccccc2[C@]1(C=O)c1cn(C(=O)OC(C)(C)C)c2ccccc12. The van der Waals surface area contributed by atoms with E-state index in [1.165, 1.54) is 16.6 Å². The van der Waals surface area contributed by atoms with Crippen LogP contribution in [0.4, 0.5) is 15.3 Å². The van der Waals surface area contributed by atoms with Gasteiger partial charge in [0.2, 0.25) is 0 Å². The maximum absolute atomic E-state index is 13.4. The largest absolute Gasteiger partial charge is 0.443 e. The number of methoxy groups -OCH3 is 1. The van der Waals surface area contributed by atoms with E-state index in [1.54, 1.807) is 78.1 Å². The molecule has 1 aliphatic rings. The van der Waals surface area contributed by atoms with E-state index in [0.717, 1.165) is 6.29 Å². The van der Waals surface area contributed by atoms with Gasteiger partial charge in [-0.25, -0.2) is 14.5 Å². The van der Waals surface area contributed by atoms with E-state index in [1.807, 2.05) is 18.2 Å². The zero-order valence-corrected chi connectivity index (χ0v) is 21.7. The highest BCUT2D eigenvalue weighted by Gasteiger charge is 2.57. The van der Waals surface area contributed by atoms with Crippen molar-refractivity contribution in [2.24, 2.45) is 0 Å². The summed E-state index contributed by atoms with van der Waals surface area (Å²) in [6.45, 7) is 10.7. The molecule has 0 radical (unpaired) electrons. The van der Waals surface area contributed by atoms with Crippen LogP contribution in [0.5, 0.6) is 0 Å². The van der Waals surface area contributed by atoms with Crippen molar-refractivity contribution in [2.75, 3.05) is 12.0 Å². The van der Waals surface area contributed by atoms with E-state index < -0.39 is 35.0 Å². The fraction of sp³-hybridized carbons (Fsp3) is 0.393. The van der Waals surface area contributed by atoms with E-state index in [4.69, 9.17) is 14.2 Å². The average Bonchev–Trinajstić information content (AvgIpc) is 3.31. The van der Waals surface area contributed by atoms with Gasteiger partial charge in [-0.05, 0) is 59.2 Å². The highest BCUT2D eigenvalue weighted by Crippen LogP contribution is 2.51. The predicted molar refractivity (Wildman–Crippen MR) is 136 cm³/mol. The van der Waals surface area contributed by atoms with E-state index in [2.05, 4.69) is 0 Å². The molecule has 36 heavy (non-hydrogen) atoms. The summed E-state index contributed by atoms with van der Waals surface area (Å²) >= 11 is 0. The number of ether oxygens (including phenoxy) is 3. The monoisotopic (exact) mass is 492 g/mol. The number of anilines is 1. The molecule has 0 saturated heterocycles. The van der Waals surface area contributed by atoms with E-state index in [9.17, 15) is 14.4 Å². The van der Waals surface area contributed by atoms with Crippen LogP contribution in [-0.2, 0) is 24.4 Å². The number of fused-ring (bicyclic) bond motifs is 2. The zero-order valence-electron chi connectivity index (χ0n) is 21.7. The highest BCUT2D eigenvalue weighted by molar-refractivity contribution is 6.02. The molecule has 1 amide bonds. The number of para-hydroxylation sites is 2. The number of rotatable bonds is 3. The highest BCUT2D eigenvalue weighted by atomic mass is 16.6. The van der Waals surface area contributed by atoms with Crippen LogP contribution in [0.25, 0.3) is 10.9 Å². The lowest BCUT2D eigenvalue weighted by Gasteiger charge is -2.34. The van der Waals surface area contributed by atoms with Crippen molar-refractivity contribution in [2.45, 2.75) is 64.4 Å². The lowest BCUT2D eigenvalue weighted by Crippen LogP contribution is -2.51. The quantitative estimate of drug-likeness (QED) is 0.440. The first kappa shape index (κ1) is 25.4. The molecule has 2 aromatic carbocycles.